The molecule has 0 radical (unpaired) electrons. The molecule has 0 atom stereocenters. The van der Waals surface area contributed by atoms with Crippen LogP contribution in [0.2, 0.25) is 23.2 Å². The Bertz CT molecular complexity index is 1200. The van der Waals surface area contributed by atoms with Gasteiger partial charge in [-0.2, -0.15) is 0 Å². The molecule has 0 spiro atoms. The fraction of sp³-hybridized carbons (Fsp3) is 0.360. The Labute approximate surface area is 206 Å². The molecule has 3 rings (SSSR count). The lowest BCUT2D eigenvalue weighted by Crippen LogP contribution is -2.40. The summed E-state index contributed by atoms with van der Waals surface area (Å²) in [5.41, 5.74) is 2.58. The number of allylic oxidation sites excluding steroid dienone is 1. The molecule has 1 N–H and O–H groups in total. The van der Waals surface area contributed by atoms with E-state index in [9.17, 15) is 9.90 Å². The minimum Gasteiger partial charge on any atom is -0.478 e. The molecule has 34 heavy (non-hydrogen) atoms. The van der Waals surface area contributed by atoms with Crippen molar-refractivity contribution in [2.75, 3.05) is 0 Å². The first-order valence-corrected chi connectivity index (χ1v) is 14.3. The van der Waals surface area contributed by atoms with Crippen molar-refractivity contribution in [3.63, 3.8) is 0 Å². The summed E-state index contributed by atoms with van der Waals surface area (Å²) in [4.78, 5) is 16.4. The molecular weight excluding hydrogens is 470 g/mol. The van der Waals surface area contributed by atoms with Crippen molar-refractivity contribution < 1.29 is 18.7 Å². The van der Waals surface area contributed by atoms with Gasteiger partial charge < -0.3 is 13.9 Å². The van der Waals surface area contributed by atoms with Gasteiger partial charge in [0.1, 0.15) is 6.61 Å². The molecule has 0 saturated heterocycles. The van der Waals surface area contributed by atoms with Crippen LogP contribution in [0.15, 0.2) is 52.6 Å². The highest BCUT2D eigenvalue weighted by Crippen LogP contribution is 2.37. The van der Waals surface area contributed by atoms with Crippen LogP contribution in [0.25, 0.3) is 17.0 Å². The number of aromatic nitrogens is 3. The molecule has 0 amide bonds. The predicted octanol–water partition coefficient (Wildman–Crippen LogP) is 6.41. The monoisotopic (exact) mass is 499 g/mol. The number of halogens is 1. The van der Waals surface area contributed by atoms with Crippen molar-refractivity contribution in [2.45, 2.75) is 58.9 Å². The van der Waals surface area contributed by atoms with Gasteiger partial charge in [0.05, 0.1) is 16.3 Å². The number of carboxylic acid groups (broad SMARTS) is 1. The van der Waals surface area contributed by atoms with Crippen LogP contribution in [0.3, 0.4) is 0 Å². The van der Waals surface area contributed by atoms with Crippen LogP contribution in [0, 0.1) is 0 Å². The van der Waals surface area contributed by atoms with Gasteiger partial charge in [0.15, 0.2) is 8.32 Å². The molecule has 9 heteroatoms. The smallest absolute Gasteiger partial charge is 0.332 e. The number of rotatable bonds is 8. The van der Waals surface area contributed by atoms with E-state index in [2.05, 4.69) is 49.0 Å². The summed E-state index contributed by atoms with van der Waals surface area (Å²) < 4.78 is 11.9. The fourth-order valence-corrected chi connectivity index (χ4v) is 4.25. The molecule has 7 nitrogen and oxygen atoms in total. The number of pyridine rings is 1. The average molecular weight is 500 g/mol. The first-order valence-electron chi connectivity index (χ1n) is 11.0. The van der Waals surface area contributed by atoms with Crippen LogP contribution in [0.4, 0.5) is 0 Å². The molecule has 2 aromatic heterocycles. The summed E-state index contributed by atoms with van der Waals surface area (Å²) in [6.07, 6.45) is 1.82. The topological polar surface area (TPSA) is 98.3 Å². The van der Waals surface area contributed by atoms with Crippen LogP contribution in [0.5, 0.6) is 0 Å². The minimum atomic E-state index is -1.95. The molecular formula is C25H30ClN3O4Si. The standard InChI is InChI=1S/C25H30ClN3O4Si/c1-16(19(24(30)31)12-17-10-8-7-9-11-17)22-20(26)13-18(14-27-22)23-29-28-21(33-23)15-32-34(5,6)25(2,3)4/h7-11,13-14H,12,15H2,1-6H3,(H,30,31)/b19-16+. The van der Waals surface area contributed by atoms with Gasteiger partial charge in [-0.25, -0.2) is 4.79 Å². The van der Waals surface area contributed by atoms with Gasteiger partial charge in [0.25, 0.3) is 0 Å². The largest absolute Gasteiger partial charge is 0.478 e. The summed E-state index contributed by atoms with van der Waals surface area (Å²) >= 11 is 6.51. The summed E-state index contributed by atoms with van der Waals surface area (Å²) in [5, 5.41) is 18.3. The van der Waals surface area contributed by atoms with E-state index >= 15 is 0 Å². The van der Waals surface area contributed by atoms with E-state index in [0.29, 0.717) is 27.7 Å². The molecule has 0 saturated carbocycles. The van der Waals surface area contributed by atoms with Gasteiger partial charge in [-0.1, -0.05) is 62.7 Å². The molecule has 2 heterocycles. The Morgan fingerprint density at radius 2 is 1.85 bits per heavy atom. The van der Waals surface area contributed by atoms with Gasteiger partial charge in [-0.15, -0.1) is 10.2 Å². The van der Waals surface area contributed by atoms with Gasteiger partial charge in [0, 0.05) is 18.2 Å². The van der Waals surface area contributed by atoms with E-state index in [4.69, 9.17) is 20.4 Å². The molecule has 0 aliphatic heterocycles. The maximum Gasteiger partial charge on any atom is 0.332 e. The zero-order valence-electron chi connectivity index (χ0n) is 20.3. The quantitative estimate of drug-likeness (QED) is 0.282. The van der Waals surface area contributed by atoms with Crippen molar-refractivity contribution >= 4 is 31.5 Å². The Kier molecular flexibility index (Phi) is 7.75. The molecule has 1 aromatic carbocycles. The third-order valence-electron chi connectivity index (χ3n) is 6.21. The highest BCUT2D eigenvalue weighted by molar-refractivity contribution is 6.74. The first-order chi connectivity index (χ1) is 15.9. The van der Waals surface area contributed by atoms with Crippen LogP contribution in [-0.4, -0.2) is 34.6 Å². The fourth-order valence-electron chi connectivity index (χ4n) is 3.03. The number of nitrogens with zero attached hydrogens (tertiary/aromatic N) is 3. The Balaban J connectivity index is 1.82. The van der Waals surface area contributed by atoms with Crippen LogP contribution in [0.1, 0.15) is 44.8 Å². The molecule has 3 aromatic rings. The second kappa shape index (κ2) is 10.2. The summed E-state index contributed by atoms with van der Waals surface area (Å²) in [6, 6.07) is 11.1. The molecule has 0 bridgehead atoms. The lowest BCUT2D eigenvalue weighted by Gasteiger charge is -2.35. The second-order valence-electron chi connectivity index (χ2n) is 9.68. The van der Waals surface area contributed by atoms with Gasteiger partial charge in [-0.05, 0) is 42.3 Å². The number of carbonyl (C=O) groups is 1. The molecule has 0 fully saturated rings. The molecule has 0 aliphatic rings. The van der Waals surface area contributed by atoms with E-state index in [1.807, 2.05) is 30.3 Å². The normalized spacial score (nSPS) is 13.0. The highest BCUT2D eigenvalue weighted by Gasteiger charge is 2.37. The van der Waals surface area contributed by atoms with Gasteiger partial charge >= 0.3 is 5.97 Å². The van der Waals surface area contributed by atoms with E-state index < -0.39 is 14.3 Å². The van der Waals surface area contributed by atoms with E-state index in [0.717, 1.165) is 5.56 Å². The van der Waals surface area contributed by atoms with Crippen molar-refractivity contribution in [2.24, 2.45) is 0 Å². The zero-order valence-corrected chi connectivity index (χ0v) is 22.1. The van der Waals surface area contributed by atoms with Crippen LogP contribution in [-0.2, 0) is 22.2 Å². The van der Waals surface area contributed by atoms with E-state index in [1.54, 1.807) is 19.2 Å². The van der Waals surface area contributed by atoms with Crippen molar-refractivity contribution in [1.82, 2.24) is 15.2 Å². The molecule has 0 unspecified atom stereocenters. The van der Waals surface area contributed by atoms with E-state index in [1.165, 1.54) is 0 Å². The van der Waals surface area contributed by atoms with E-state index in [-0.39, 0.29) is 29.5 Å². The number of carboxylic acids is 1. The average Bonchev–Trinajstić information content (AvgIpc) is 3.24. The zero-order chi connectivity index (χ0) is 25.1. The molecule has 180 valence electrons. The third kappa shape index (κ3) is 6.00. The Morgan fingerprint density at radius 3 is 2.44 bits per heavy atom. The lowest BCUT2D eigenvalue weighted by atomic mass is 9.98. The Hall–Kier alpha value is -2.81. The van der Waals surface area contributed by atoms with Crippen LogP contribution >= 0.6 is 11.6 Å². The lowest BCUT2D eigenvalue weighted by molar-refractivity contribution is -0.132. The molecule has 0 aliphatic carbocycles. The predicted molar refractivity (Wildman–Crippen MR) is 135 cm³/mol. The van der Waals surface area contributed by atoms with Crippen LogP contribution < -0.4 is 0 Å². The van der Waals surface area contributed by atoms with Crippen molar-refractivity contribution in [1.29, 1.82) is 0 Å². The summed E-state index contributed by atoms with van der Waals surface area (Å²) in [7, 11) is -1.95. The van der Waals surface area contributed by atoms with Gasteiger partial charge in [-0.3, -0.25) is 4.98 Å². The number of hydrogen-bond acceptors (Lipinski definition) is 6. The number of hydrogen-bond donors (Lipinski definition) is 1. The maximum atomic E-state index is 11.9. The summed E-state index contributed by atoms with van der Waals surface area (Å²) in [6.45, 7) is 12.8. The Morgan fingerprint density at radius 1 is 1.18 bits per heavy atom. The van der Waals surface area contributed by atoms with Gasteiger partial charge in [0.2, 0.25) is 11.8 Å². The third-order valence-corrected chi connectivity index (χ3v) is 11.0. The number of aliphatic carboxylic acids is 1. The second-order valence-corrected chi connectivity index (χ2v) is 14.9. The SMILES string of the molecule is C/C(=C(/Cc1ccccc1)C(=O)O)c1ncc(-c2nnc(CO[Si](C)(C)C(C)(C)C)o2)cc1Cl. The highest BCUT2D eigenvalue weighted by atomic mass is 35.5. The maximum absolute atomic E-state index is 11.9. The summed E-state index contributed by atoms with van der Waals surface area (Å²) in [5.74, 6) is -0.349. The first kappa shape index (κ1) is 25.8. The minimum absolute atomic E-state index is 0.0732. The number of benzene rings is 1. The van der Waals surface area contributed by atoms with Crippen molar-refractivity contribution in [3.05, 3.63) is 70.3 Å². The van der Waals surface area contributed by atoms with Crippen molar-refractivity contribution in [3.8, 4) is 11.5 Å².